The van der Waals surface area contributed by atoms with Crippen LogP contribution < -0.4 is 5.32 Å². The highest BCUT2D eigenvalue weighted by Gasteiger charge is 2.13. The fraction of sp³-hybridized carbons (Fsp3) is 0.500. The summed E-state index contributed by atoms with van der Waals surface area (Å²) in [6.07, 6.45) is 1.35. The average molecular weight is 191 g/mol. The topological polar surface area (TPSA) is 21.3 Å². The van der Waals surface area contributed by atoms with Crippen LogP contribution in [0.25, 0.3) is 0 Å². The number of benzene rings is 1. The molecule has 1 fully saturated rings. The van der Waals surface area contributed by atoms with Crippen LogP contribution in [-0.2, 0) is 4.74 Å². The van der Waals surface area contributed by atoms with E-state index in [9.17, 15) is 0 Å². The molecule has 1 atom stereocenters. The fourth-order valence-electron chi connectivity index (χ4n) is 1.71. The lowest BCUT2D eigenvalue weighted by Crippen LogP contribution is -2.19. The van der Waals surface area contributed by atoms with Gasteiger partial charge in [0.1, 0.15) is 0 Å². The van der Waals surface area contributed by atoms with Gasteiger partial charge in [0.15, 0.2) is 0 Å². The first kappa shape index (κ1) is 9.69. The average Bonchev–Trinajstić information content (AvgIpc) is 2.47. The highest BCUT2D eigenvalue weighted by atomic mass is 16.5. The van der Waals surface area contributed by atoms with Crippen LogP contribution >= 0.6 is 0 Å². The minimum atomic E-state index is 0.234. The Morgan fingerprint density at radius 2 is 2.07 bits per heavy atom. The van der Waals surface area contributed by atoms with Gasteiger partial charge in [-0.25, -0.2) is 0 Å². The van der Waals surface area contributed by atoms with Crippen molar-refractivity contribution in [2.75, 3.05) is 19.7 Å². The van der Waals surface area contributed by atoms with Crippen molar-refractivity contribution in [3.63, 3.8) is 0 Å². The zero-order valence-electron chi connectivity index (χ0n) is 8.62. The van der Waals surface area contributed by atoms with Crippen molar-refractivity contribution in [1.82, 2.24) is 5.32 Å². The largest absolute Gasteiger partial charge is 0.372 e. The number of aryl methyl sites for hydroxylation is 1. The van der Waals surface area contributed by atoms with E-state index in [-0.39, 0.29) is 6.10 Å². The molecule has 1 aliphatic rings. The lowest BCUT2D eigenvalue weighted by Gasteiger charge is -2.15. The van der Waals surface area contributed by atoms with Crippen LogP contribution in [0.4, 0.5) is 0 Å². The highest BCUT2D eigenvalue weighted by molar-refractivity contribution is 5.23. The predicted octanol–water partition coefficient (Wildman–Crippen LogP) is 2.05. The van der Waals surface area contributed by atoms with E-state index in [0.717, 1.165) is 26.1 Å². The monoisotopic (exact) mass is 191 g/mol. The van der Waals surface area contributed by atoms with Crippen molar-refractivity contribution in [2.24, 2.45) is 0 Å². The molecule has 0 amide bonds. The van der Waals surface area contributed by atoms with Crippen molar-refractivity contribution in [3.05, 3.63) is 35.4 Å². The van der Waals surface area contributed by atoms with Crippen LogP contribution in [0, 0.1) is 6.92 Å². The Kier molecular flexibility index (Phi) is 3.17. The maximum Gasteiger partial charge on any atom is 0.0949 e. The number of hydrogen-bond donors (Lipinski definition) is 1. The Hall–Kier alpha value is -0.860. The van der Waals surface area contributed by atoms with Gasteiger partial charge in [0.25, 0.3) is 0 Å². The predicted molar refractivity (Wildman–Crippen MR) is 57.4 cm³/mol. The SMILES string of the molecule is Cc1ccc(C2CNCCCO2)cc1. The normalized spacial score (nSPS) is 23.1. The van der Waals surface area contributed by atoms with Gasteiger partial charge in [-0.2, -0.15) is 0 Å². The molecule has 76 valence electrons. The smallest absolute Gasteiger partial charge is 0.0949 e. The van der Waals surface area contributed by atoms with E-state index in [1.54, 1.807) is 0 Å². The van der Waals surface area contributed by atoms with E-state index in [1.807, 2.05) is 0 Å². The van der Waals surface area contributed by atoms with E-state index >= 15 is 0 Å². The molecule has 0 aromatic heterocycles. The van der Waals surface area contributed by atoms with Gasteiger partial charge in [-0.15, -0.1) is 0 Å². The third-order valence-electron chi connectivity index (χ3n) is 2.60. The number of rotatable bonds is 1. The summed E-state index contributed by atoms with van der Waals surface area (Å²) < 4.78 is 5.77. The molecule has 1 aliphatic heterocycles. The molecule has 1 N–H and O–H groups in total. The number of ether oxygens (including phenoxy) is 1. The Morgan fingerprint density at radius 1 is 1.29 bits per heavy atom. The summed E-state index contributed by atoms with van der Waals surface area (Å²) in [6, 6.07) is 8.60. The molecular weight excluding hydrogens is 174 g/mol. The molecule has 0 bridgehead atoms. The minimum absolute atomic E-state index is 0.234. The molecule has 14 heavy (non-hydrogen) atoms. The summed E-state index contributed by atoms with van der Waals surface area (Å²) in [6.45, 7) is 4.98. The molecule has 2 nitrogen and oxygen atoms in total. The molecule has 1 saturated heterocycles. The first-order valence-corrected chi connectivity index (χ1v) is 5.25. The summed E-state index contributed by atoms with van der Waals surface area (Å²) in [5, 5.41) is 3.39. The van der Waals surface area contributed by atoms with Crippen LogP contribution in [0.3, 0.4) is 0 Å². The first-order valence-electron chi connectivity index (χ1n) is 5.25. The van der Waals surface area contributed by atoms with Crippen LogP contribution in [0.1, 0.15) is 23.7 Å². The Bertz CT molecular complexity index is 273. The fourth-order valence-corrected chi connectivity index (χ4v) is 1.71. The van der Waals surface area contributed by atoms with E-state index in [4.69, 9.17) is 4.74 Å². The number of hydrogen-bond acceptors (Lipinski definition) is 2. The van der Waals surface area contributed by atoms with Crippen molar-refractivity contribution >= 4 is 0 Å². The van der Waals surface area contributed by atoms with Gasteiger partial charge in [-0.3, -0.25) is 0 Å². The van der Waals surface area contributed by atoms with Gasteiger partial charge in [-0.05, 0) is 25.5 Å². The van der Waals surface area contributed by atoms with Gasteiger partial charge < -0.3 is 10.1 Å². The molecule has 2 rings (SSSR count). The lowest BCUT2D eigenvalue weighted by molar-refractivity contribution is 0.0669. The van der Waals surface area contributed by atoms with E-state index in [0.29, 0.717) is 0 Å². The Labute approximate surface area is 85.3 Å². The summed E-state index contributed by atoms with van der Waals surface area (Å²) in [4.78, 5) is 0. The lowest BCUT2D eigenvalue weighted by atomic mass is 10.1. The molecule has 0 saturated carbocycles. The quantitative estimate of drug-likeness (QED) is 0.733. The third-order valence-corrected chi connectivity index (χ3v) is 2.60. The van der Waals surface area contributed by atoms with Gasteiger partial charge in [0, 0.05) is 13.2 Å². The summed E-state index contributed by atoms with van der Waals surface area (Å²) >= 11 is 0. The van der Waals surface area contributed by atoms with E-state index in [1.165, 1.54) is 11.1 Å². The molecule has 1 aromatic rings. The van der Waals surface area contributed by atoms with Gasteiger partial charge in [-0.1, -0.05) is 29.8 Å². The summed E-state index contributed by atoms with van der Waals surface area (Å²) in [7, 11) is 0. The Balaban J connectivity index is 2.08. The van der Waals surface area contributed by atoms with Gasteiger partial charge in [0.05, 0.1) is 6.10 Å². The summed E-state index contributed by atoms with van der Waals surface area (Å²) in [5.74, 6) is 0. The minimum Gasteiger partial charge on any atom is -0.372 e. The maximum absolute atomic E-state index is 5.77. The summed E-state index contributed by atoms with van der Waals surface area (Å²) in [5.41, 5.74) is 2.58. The number of nitrogens with one attached hydrogen (secondary N) is 1. The molecule has 0 aliphatic carbocycles. The van der Waals surface area contributed by atoms with Crippen molar-refractivity contribution < 1.29 is 4.74 Å². The standard InChI is InChI=1S/C12H17NO/c1-10-3-5-11(6-4-10)12-9-13-7-2-8-14-12/h3-6,12-13H,2,7-9H2,1H3. The maximum atomic E-state index is 5.77. The molecule has 1 heterocycles. The van der Waals surface area contributed by atoms with Crippen LogP contribution in [-0.4, -0.2) is 19.7 Å². The third kappa shape index (κ3) is 2.34. The highest BCUT2D eigenvalue weighted by Crippen LogP contribution is 2.18. The van der Waals surface area contributed by atoms with Gasteiger partial charge in [0.2, 0.25) is 0 Å². The van der Waals surface area contributed by atoms with Crippen molar-refractivity contribution in [3.8, 4) is 0 Å². The van der Waals surface area contributed by atoms with E-state index in [2.05, 4.69) is 36.5 Å². The van der Waals surface area contributed by atoms with E-state index < -0.39 is 0 Å². The molecule has 0 radical (unpaired) electrons. The zero-order chi connectivity index (χ0) is 9.80. The second kappa shape index (κ2) is 4.58. The van der Waals surface area contributed by atoms with Crippen molar-refractivity contribution in [1.29, 1.82) is 0 Å². The van der Waals surface area contributed by atoms with Gasteiger partial charge >= 0.3 is 0 Å². The Morgan fingerprint density at radius 3 is 2.86 bits per heavy atom. The van der Waals surface area contributed by atoms with Crippen LogP contribution in [0.2, 0.25) is 0 Å². The zero-order valence-corrected chi connectivity index (χ0v) is 8.62. The second-order valence-electron chi connectivity index (χ2n) is 3.83. The molecule has 2 heteroatoms. The second-order valence-corrected chi connectivity index (χ2v) is 3.83. The van der Waals surface area contributed by atoms with Crippen molar-refractivity contribution in [2.45, 2.75) is 19.4 Å². The van der Waals surface area contributed by atoms with Crippen LogP contribution in [0.15, 0.2) is 24.3 Å². The molecule has 1 aromatic carbocycles. The molecular formula is C12H17NO. The molecule has 0 spiro atoms. The molecule has 1 unspecified atom stereocenters. The first-order chi connectivity index (χ1) is 6.86. The van der Waals surface area contributed by atoms with Crippen LogP contribution in [0.5, 0.6) is 0 Å².